The van der Waals surface area contributed by atoms with Gasteiger partial charge in [0.15, 0.2) is 0 Å². The number of rotatable bonds is 5. The minimum atomic E-state index is 0.572. The van der Waals surface area contributed by atoms with Crippen LogP contribution in [0.2, 0.25) is 0 Å². The van der Waals surface area contributed by atoms with Gasteiger partial charge in [-0.05, 0) is 109 Å². The van der Waals surface area contributed by atoms with Crippen molar-refractivity contribution in [1.82, 2.24) is 0 Å². The van der Waals surface area contributed by atoms with Crippen LogP contribution in [0.5, 0.6) is 0 Å². The smallest absolute Gasteiger partial charge is 0.0238 e. The molecular weight excluding hydrogens is 360 g/mol. The highest BCUT2D eigenvalue weighted by Crippen LogP contribution is 2.74. The molecule has 4 aliphatic carbocycles. The fraction of sp³-hybridized carbons (Fsp3) is 1.00. The minimum Gasteiger partial charge on any atom is -0.0628 e. The van der Waals surface area contributed by atoms with Crippen molar-refractivity contribution >= 4 is 0 Å². The lowest BCUT2D eigenvalue weighted by atomic mass is 9.38. The zero-order chi connectivity index (χ0) is 21.9. The fourth-order valence-corrected chi connectivity index (χ4v) is 10.6. The van der Waals surface area contributed by atoms with E-state index in [1.165, 1.54) is 77.0 Å². The van der Waals surface area contributed by atoms with Crippen molar-refractivity contribution in [2.24, 2.45) is 57.2 Å². The molecule has 4 fully saturated rings. The molecule has 0 saturated heterocycles. The Hall–Kier alpha value is 0. The predicted molar refractivity (Wildman–Crippen MR) is 131 cm³/mol. The Labute approximate surface area is 189 Å². The van der Waals surface area contributed by atoms with Crippen LogP contribution in [-0.2, 0) is 0 Å². The van der Waals surface area contributed by atoms with Gasteiger partial charge in [-0.2, -0.15) is 0 Å². The minimum absolute atomic E-state index is 0.572. The van der Waals surface area contributed by atoms with Crippen LogP contribution >= 0.6 is 0 Å². The van der Waals surface area contributed by atoms with Crippen molar-refractivity contribution in [2.45, 2.75) is 132 Å². The normalized spacial score (nSPS) is 48.7. The quantitative estimate of drug-likeness (QED) is 0.420. The summed E-state index contributed by atoms with van der Waals surface area (Å²) in [5.41, 5.74) is 2.39. The Balaban J connectivity index is 1.55. The first-order chi connectivity index (χ1) is 14.0. The molecule has 0 aromatic heterocycles. The summed E-state index contributed by atoms with van der Waals surface area (Å²) in [4.78, 5) is 0. The highest BCUT2D eigenvalue weighted by Gasteiger charge is 2.66. The van der Waals surface area contributed by atoms with Gasteiger partial charge in [0.25, 0.3) is 0 Å². The van der Waals surface area contributed by atoms with Crippen LogP contribution in [0.3, 0.4) is 0 Å². The maximum absolute atomic E-state index is 2.78. The topological polar surface area (TPSA) is 0 Å². The first-order valence-corrected chi connectivity index (χ1v) is 14.0. The van der Waals surface area contributed by atoms with Gasteiger partial charge in [-0.25, -0.2) is 0 Å². The van der Waals surface area contributed by atoms with Crippen LogP contribution in [0.4, 0.5) is 0 Å². The Morgan fingerprint density at radius 2 is 1.40 bits per heavy atom. The molecule has 174 valence electrons. The van der Waals surface area contributed by atoms with Gasteiger partial charge in [0.1, 0.15) is 0 Å². The number of hydrogen-bond acceptors (Lipinski definition) is 0. The van der Waals surface area contributed by atoms with Gasteiger partial charge in [-0.1, -0.05) is 81.1 Å². The molecule has 0 aromatic carbocycles. The summed E-state index contributed by atoms with van der Waals surface area (Å²) in [7, 11) is 0. The highest BCUT2D eigenvalue weighted by atomic mass is 14.7. The van der Waals surface area contributed by atoms with Gasteiger partial charge in [-0.3, -0.25) is 0 Å². The van der Waals surface area contributed by atoms with Gasteiger partial charge >= 0.3 is 0 Å². The Bertz CT molecular complexity index is 616. The Kier molecular flexibility index (Phi) is 6.02. The third-order valence-corrected chi connectivity index (χ3v) is 12.4. The third kappa shape index (κ3) is 3.36. The maximum atomic E-state index is 2.78. The molecule has 0 radical (unpaired) electrons. The molecule has 0 aliphatic heterocycles. The van der Waals surface area contributed by atoms with E-state index in [4.69, 9.17) is 0 Å². The lowest BCUT2D eigenvalue weighted by molar-refractivity contribution is -0.179. The average molecular weight is 415 g/mol. The standard InChI is InChI=1S/C30H54/c1-21(2)11-9-12-22(3)23-15-19-30(8)25-13-14-26-27(4,5)17-10-18-28(26,6)24(25)16-20-29(23,30)7/h21-26H,9-20H2,1-8H3/t22-,23-,24-,25+,26-,28+,29-,30+/m0/s1. The third-order valence-electron chi connectivity index (χ3n) is 12.4. The van der Waals surface area contributed by atoms with E-state index in [9.17, 15) is 0 Å². The predicted octanol–water partition coefficient (Wildman–Crippen LogP) is 9.52. The summed E-state index contributed by atoms with van der Waals surface area (Å²) in [5.74, 6) is 5.74. The molecule has 0 bridgehead atoms. The van der Waals surface area contributed by atoms with E-state index >= 15 is 0 Å². The van der Waals surface area contributed by atoms with Gasteiger partial charge in [0, 0.05) is 0 Å². The molecule has 4 rings (SSSR count). The summed E-state index contributed by atoms with van der Waals surface area (Å²) >= 11 is 0. The molecule has 30 heavy (non-hydrogen) atoms. The fourth-order valence-electron chi connectivity index (χ4n) is 10.6. The molecule has 0 heterocycles. The van der Waals surface area contributed by atoms with Crippen molar-refractivity contribution in [3.63, 3.8) is 0 Å². The molecule has 0 amide bonds. The second-order valence-corrected chi connectivity index (χ2v) is 14.5. The van der Waals surface area contributed by atoms with Crippen LogP contribution in [0.15, 0.2) is 0 Å². The van der Waals surface area contributed by atoms with Crippen molar-refractivity contribution in [1.29, 1.82) is 0 Å². The first kappa shape index (κ1) is 23.2. The summed E-state index contributed by atoms with van der Waals surface area (Å²) in [5, 5.41) is 0. The summed E-state index contributed by atoms with van der Waals surface area (Å²) in [6.07, 6.45) is 18.0. The Morgan fingerprint density at radius 3 is 2.10 bits per heavy atom. The van der Waals surface area contributed by atoms with E-state index in [0.29, 0.717) is 21.7 Å². The lowest BCUT2D eigenvalue weighted by Crippen LogP contribution is -2.59. The first-order valence-electron chi connectivity index (χ1n) is 14.0. The molecule has 0 nitrogen and oxygen atoms in total. The average Bonchev–Trinajstić information content (AvgIpc) is 2.92. The van der Waals surface area contributed by atoms with Gasteiger partial charge < -0.3 is 0 Å². The second-order valence-electron chi connectivity index (χ2n) is 14.5. The SMILES string of the molecule is CC(C)CCC[C@H](C)[C@@H]1CC[C@]2(C)[C@@H]3CC[C@H]4C(C)(C)CCC[C@]4(C)[C@H]3CC[C@@]12C. The number of hydrogen-bond donors (Lipinski definition) is 0. The summed E-state index contributed by atoms with van der Waals surface area (Å²) in [6, 6.07) is 0. The molecule has 4 aliphatic rings. The van der Waals surface area contributed by atoms with E-state index in [1.807, 2.05) is 0 Å². The number of fused-ring (bicyclic) bond motifs is 5. The molecule has 0 unspecified atom stereocenters. The lowest BCUT2D eigenvalue weighted by Gasteiger charge is -2.67. The van der Waals surface area contributed by atoms with Crippen LogP contribution in [-0.4, -0.2) is 0 Å². The second kappa shape index (κ2) is 7.80. The highest BCUT2D eigenvalue weighted by molar-refractivity contribution is 5.15. The van der Waals surface area contributed by atoms with E-state index in [0.717, 1.165) is 35.5 Å². The van der Waals surface area contributed by atoms with Gasteiger partial charge in [0.2, 0.25) is 0 Å². The molecular formula is C30H54. The van der Waals surface area contributed by atoms with Crippen LogP contribution in [0.25, 0.3) is 0 Å². The van der Waals surface area contributed by atoms with Crippen molar-refractivity contribution in [3.8, 4) is 0 Å². The summed E-state index contributed by atoms with van der Waals surface area (Å²) < 4.78 is 0. The van der Waals surface area contributed by atoms with E-state index in [-0.39, 0.29) is 0 Å². The van der Waals surface area contributed by atoms with Crippen LogP contribution in [0, 0.1) is 57.2 Å². The largest absolute Gasteiger partial charge is 0.0628 e. The van der Waals surface area contributed by atoms with E-state index in [2.05, 4.69) is 55.4 Å². The van der Waals surface area contributed by atoms with Crippen molar-refractivity contribution in [3.05, 3.63) is 0 Å². The molecule has 0 aromatic rings. The maximum Gasteiger partial charge on any atom is -0.0238 e. The van der Waals surface area contributed by atoms with Gasteiger partial charge in [-0.15, -0.1) is 0 Å². The van der Waals surface area contributed by atoms with Crippen LogP contribution in [0.1, 0.15) is 132 Å². The molecule has 4 saturated carbocycles. The van der Waals surface area contributed by atoms with E-state index < -0.39 is 0 Å². The van der Waals surface area contributed by atoms with E-state index in [1.54, 1.807) is 0 Å². The molecule has 8 atom stereocenters. The summed E-state index contributed by atoms with van der Waals surface area (Å²) in [6.45, 7) is 20.9. The zero-order valence-corrected chi connectivity index (χ0v) is 21.9. The monoisotopic (exact) mass is 414 g/mol. The Morgan fingerprint density at radius 1 is 0.700 bits per heavy atom. The van der Waals surface area contributed by atoms with Crippen molar-refractivity contribution < 1.29 is 0 Å². The molecule has 0 spiro atoms. The van der Waals surface area contributed by atoms with Crippen LogP contribution < -0.4 is 0 Å². The molecule has 0 heteroatoms. The van der Waals surface area contributed by atoms with Crippen molar-refractivity contribution in [2.75, 3.05) is 0 Å². The zero-order valence-electron chi connectivity index (χ0n) is 21.9. The molecule has 0 N–H and O–H groups in total. The van der Waals surface area contributed by atoms with Gasteiger partial charge in [0.05, 0.1) is 0 Å².